The van der Waals surface area contributed by atoms with E-state index in [2.05, 4.69) is 34.8 Å². The highest BCUT2D eigenvalue weighted by molar-refractivity contribution is 5.96. The first kappa shape index (κ1) is 36.3. The summed E-state index contributed by atoms with van der Waals surface area (Å²) in [4.78, 5) is 75.6. The molecule has 12 nitrogen and oxygen atoms in total. The smallest absolute Gasteiger partial charge is 0.246 e. The van der Waals surface area contributed by atoms with Gasteiger partial charge in [0, 0.05) is 43.0 Å². The number of hydrogen-bond donors (Lipinski definition) is 5. The Bertz CT molecular complexity index is 1930. The van der Waals surface area contributed by atoms with Crippen LogP contribution < -0.4 is 16.0 Å². The van der Waals surface area contributed by atoms with Gasteiger partial charge in [-0.15, -0.1) is 0 Å². The Balaban J connectivity index is 1.36. The van der Waals surface area contributed by atoms with Crippen molar-refractivity contribution < 1.29 is 29.1 Å². The molecular formula is C40H46N6O6. The standard InChI is InChI=1S/C40H46N6O6/c1-24(2)27-15-13-26(14-16-27)17-37(49)45-22-34(28-9-5-4-6-10-28)44-38(50)25(3)42-39(51)35-19-30(47)21-46(35)40(52)33(43-36(48)23-45)18-29-20-41-32-12-8-7-11-31(29)32/h4-16,20,24-25,30,33-35,41,47H,17-19,21-23H2,1-3H3,(H,42,51)(H,43,48)(H,44,50)/t25-,30+,33+,34-,35-/m0/s1. The van der Waals surface area contributed by atoms with Crippen molar-refractivity contribution in [3.05, 3.63) is 107 Å². The van der Waals surface area contributed by atoms with Gasteiger partial charge in [0.05, 0.1) is 25.1 Å². The van der Waals surface area contributed by atoms with E-state index in [1.165, 1.54) is 9.80 Å². The molecule has 0 unspecified atom stereocenters. The lowest BCUT2D eigenvalue weighted by molar-refractivity contribution is -0.142. The molecule has 5 atom stereocenters. The Morgan fingerprint density at radius 3 is 2.31 bits per heavy atom. The molecule has 3 heterocycles. The van der Waals surface area contributed by atoms with E-state index in [1.54, 1.807) is 13.1 Å². The first-order valence-electron chi connectivity index (χ1n) is 17.8. The van der Waals surface area contributed by atoms with E-state index in [0.717, 1.165) is 27.6 Å². The molecule has 6 rings (SSSR count). The number of nitrogens with one attached hydrogen (secondary N) is 4. The summed E-state index contributed by atoms with van der Waals surface area (Å²) in [5.74, 6) is -2.24. The Kier molecular flexibility index (Phi) is 11.0. The second-order valence-corrected chi connectivity index (χ2v) is 14.1. The number of aromatic amines is 1. The van der Waals surface area contributed by atoms with Gasteiger partial charge in [-0.25, -0.2) is 0 Å². The number of fused-ring (bicyclic) bond motifs is 2. The van der Waals surface area contributed by atoms with Crippen molar-refractivity contribution in [2.24, 2.45) is 0 Å². The van der Waals surface area contributed by atoms with E-state index in [-0.39, 0.29) is 38.3 Å². The lowest BCUT2D eigenvalue weighted by Crippen LogP contribution is -2.56. The number of amides is 5. The van der Waals surface area contributed by atoms with Crippen molar-refractivity contribution in [3.8, 4) is 0 Å². The van der Waals surface area contributed by atoms with Crippen LogP contribution in [-0.2, 0) is 36.8 Å². The molecule has 272 valence electrons. The molecule has 12 heteroatoms. The highest BCUT2D eigenvalue weighted by Gasteiger charge is 2.42. The number of aliphatic hydroxyl groups excluding tert-OH is 1. The summed E-state index contributed by atoms with van der Waals surface area (Å²) in [6, 6.07) is 20.6. The highest BCUT2D eigenvalue weighted by atomic mass is 16.3. The summed E-state index contributed by atoms with van der Waals surface area (Å²) in [7, 11) is 0. The molecule has 5 N–H and O–H groups in total. The van der Waals surface area contributed by atoms with Crippen LogP contribution in [0.1, 0.15) is 61.4 Å². The maximum atomic E-state index is 14.3. The minimum absolute atomic E-state index is 0.0125. The Labute approximate surface area is 302 Å². The Morgan fingerprint density at radius 2 is 1.58 bits per heavy atom. The highest BCUT2D eigenvalue weighted by Crippen LogP contribution is 2.24. The van der Waals surface area contributed by atoms with Crippen molar-refractivity contribution >= 4 is 40.4 Å². The number of aromatic nitrogens is 1. The van der Waals surface area contributed by atoms with Crippen LogP contribution in [0.4, 0.5) is 0 Å². The SMILES string of the molecule is CC(C)c1ccc(CC(=O)N2CC(=O)N[C@H](Cc3c[nH]c4ccccc34)C(=O)N3C[C@H](O)C[C@H]3C(=O)N[C@@H](C)C(=O)N[C@H](c3ccccc3)C2)cc1. The third kappa shape index (κ3) is 8.34. The second-order valence-electron chi connectivity index (χ2n) is 14.1. The molecule has 0 radical (unpaired) electrons. The zero-order valence-electron chi connectivity index (χ0n) is 29.7. The topological polar surface area (TPSA) is 164 Å². The van der Waals surface area contributed by atoms with Crippen LogP contribution in [0.25, 0.3) is 10.9 Å². The van der Waals surface area contributed by atoms with Gasteiger partial charge in [0.2, 0.25) is 29.5 Å². The van der Waals surface area contributed by atoms with E-state index in [4.69, 9.17) is 0 Å². The van der Waals surface area contributed by atoms with Crippen molar-refractivity contribution in [3.63, 3.8) is 0 Å². The summed E-state index contributed by atoms with van der Waals surface area (Å²) in [6.45, 7) is 5.17. The van der Waals surface area contributed by atoms with Crippen LogP contribution in [0.5, 0.6) is 0 Å². The van der Waals surface area contributed by atoms with Gasteiger partial charge in [0.1, 0.15) is 18.1 Å². The van der Waals surface area contributed by atoms with Crippen LogP contribution in [0.15, 0.2) is 85.1 Å². The maximum Gasteiger partial charge on any atom is 0.246 e. The fourth-order valence-electron chi connectivity index (χ4n) is 7.01. The van der Waals surface area contributed by atoms with E-state index in [9.17, 15) is 29.1 Å². The lowest BCUT2D eigenvalue weighted by Gasteiger charge is -2.30. The van der Waals surface area contributed by atoms with Crippen LogP contribution in [0.2, 0.25) is 0 Å². The molecule has 52 heavy (non-hydrogen) atoms. The van der Waals surface area contributed by atoms with E-state index < -0.39 is 60.4 Å². The fraction of sp³-hybridized carbons (Fsp3) is 0.375. The predicted molar refractivity (Wildman–Crippen MR) is 196 cm³/mol. The van der Waals surface area contributed by atoms with Crippen LogP contribution in [0, 0.1) is 0 Å². The maximum absolute atomic E-state index is 14.3. The van der Waals surface area contributed by atoms with Crippen LogP contribution in [-0.4, -0.2) is 93.3 Å². The summed E-state index contributed by atoms with van der Waals surface area (Å²) in [5, 5.41) is 20.1. The van der Waals surface area contributed by atoms with Crippen molar-refractivity contribution in [2.45, 2.75) is 76.2 Å². The number of H-pyrrole nitrogens is 1. The van der Waals surface area contributed by atoms with Crippen LogP contribution >= 0.6 is 0 Å². The summed E-state index contributed by atoms with van der Waals surface area (Å²) in [6.07, 6.45) is 0.893. The molecule has 2 fully saturated rings. The molecule has 2 aliphatic rings. The van der Waals surface area contributed by atoms with Gasteiger partial charge >= 0.3 is 0 Å². The van der Waals surface area contributed by atoms with E-state index >= 15 is 0 Å². The van der Waals surface area contributed by atoms with E-state index in [1.807, 2.05) is 78.9 Å². The van der Waals surface area contributed by atoms with Crippen LogP contribution in [0.3, 0.4) is 0 Å². The molecule has 0 bridgehead atoms. The summed E-state index contributed by atoms with van der Waals surface area (Å²) < 4.78 is 0. The summed E-state index contributed by atoms with van der Waals surface area (Å²) >= 11 is 0. The summed E-state index contributed by atoms with van der Waals surface area (Å²) in [5.41, 5.74) is 4.25. The van der Waals surface area contributed by atoms with Gasteiger partial charge in [-0.2, -0.15) is 0 Å². The molecule has 4 aromatic rings. The molecule has 0 aliphatic carbocycles. The molecule has 0 saturated carbocycles. The first-order valence-corrected chi connectivity index (χ1v) is 17.8. The number of carbonyl (C=O) groups is 5. The van der Waals surface area contributed by atoms with Gasteiger partial charge < -0.3 is 35.8 Å². The number of aliphatic hydroxyl groups is 1. The number of rotatable bonds is 6. The number of hydrogen-bond acceptors (Lipinski definition) is 6. The largest absolute Gasteiger partial charge is 0.391 e. The fourth-order valence-corrected chi connectivity index (χ4v) is 7.01. The van der Waals surface area contributed by atoms with Gasteiger partial charge in [0.25, 0.3) is 0 Å². The average molecular weight is 707 g/mol. The lowest BCUT2D eigenvalue weighted by atomic mass is 10.0. The molecule has 2 saturated heterocycles. The number of nitrogens with zero attached hydrogens (tertiary/aromatic N) is 2. The van der Waals surface area contributed by atoms with Crippen molar-refractivity contribution in [1.82, 2.24) is 30.7 Å². The molecule has 1 aromatic heterocycles. The second kappa shape index (κ2) is 15.8. The quantitative estimate of drug-likeness (QED) is 0.207. The van der Waals surface area contributed by atoms with Gasteiger partial charge in [-0.3, -0.25) is 24.0 Å². The number of benzene rings is 3. The third-order valence-corrected chi connectivity index (χ3v) is 9.96. The average Bonchev–Trinajstić information content (AvgIpc) is 3.73. The molecule has 3 aromatic carbocycles. The predicted octanol–water partition coefficient (Wildman–Crippen LogP) is 2.73. The normalized spacial score (nSPS) is 23.4. The van der Waals surface area contributed by atoms with Gasteiger partial charge in [-0.1, -0.05) is 86.6 Å². The Morgan fingerprint density at radius 1 is 0.865 bits per heavy atom. The number of carbonyl (C=O) groups excluding carboxylic acids is 5. The van der Waals surface area contributed by atoms with Crippen molar-refractivity contribution in [2.75, 3.05) is 19.6 Å². The molecular weight excluding hydrogens is 660 g/mol. The Hall–Kier alpha value is -5.49. The third-order valence-electron chi connectivity index (χ3n) is 9.96. The molecule has 0 spiro atoms. The molecule has 5 amide bonds. The first-order chi connectivity index (χ1) is 25.0. The zero-order valence-corrected chi connectivity index (χ0v) is 29.7. The minimum atomic E-state index is -1.12. The monoisotopic (exact) mass is 706 g/mol. The number of para-hydroxylation sites is 1. The van der Waals surface area contributed by atoms with Gasteiger partial charge in [0.15, 0.2) is 0 Å². The minimum Gasteiger partial charge on any atom is -0.391 e. The van der Waals surface area contributed by atoms with Crippen molar-refractivity contribution in [1.29, 1.82) is 0 Å². The molecule has 2 aliphatic heterocycles. The zero-order chi connectivity index (χ0) is 36.9. The van der Waals surface area contributed by atoms with E-state index in [0.29, 0.717) is 11.5 Å². The van der Waals surface area contributed by atoms with Gasteiger partial charge in [-0.05, 0) is 41.2 Å².